The number of ketones is 1. The van der Waals surface area contributed by atoms with Gasteiger partial charge in [0, 0.05) is 6.42 Å². The van der Waals surface area contributed by atoms with Crippen molar-refractivity contribution in [2.75, 3.05) is 6.61 Å². The molecule has 4 heteroatoms. The van der Waals surface area contributed by atoms with Gasteiger partial charge in [-0.2, -0.15) is 0 Å². The van der Waals surface area contributed by atoms with Crippen LogP contribution in [0.2, 0.25) is 0 Å². The molecule has 0 aromatic carbocycles. The van der Waals surface area contributed by atoms with Gasteiger partial charge in [-0.3, -0.25) is 4.79 Å². The second-order valence-corrected chi connectivity index (χ2v) is 19.2. The summed E-state index contributed by atoms with van der Waals surface area (Å²) in [4.78, 5) is 26.7. The first kappa shape index (κ1) is 57.1. The lowest BCUT2D eigenvalue weighted by molar-refractivity contribution is -0.171. The van der Waals surface area contributed by atoms with Gasteiger partial charge in [-0.25, -0.2) is 4.79 Å². The van der Waals surface area contributed by atoms with Crippen molar-refractivity contribution in [3.05, 3.63) is 0 Å². The molecule has 0 aromatic heterocycles. The van der Waals surface area contributed by atoms with E-state index in [9.17, 15) is 14.7 Å². The first-order valence-corrected chi connectivity index (χ1v) is 26.8. The zero-order chi connectivity index (χ0) is 42.5. The molecule has 58 heavy (non-hydrogen) atoms. The molecule has 1 unspecified atom stereocenters. The second kappa shape index (κ2) is 45.6. The Morgan fingerprint density at radius 3 is 1.00 bits per heavy atom. The maximum absolute atomic E-state index is 13.4. The summed E-state index contributed by atoms with van der Waals surface area (Å²) in [6.07, 6.45) is 55.1. The van der Waals surface area contributed by atoms with Gasteiger partial charge in [-0.05, 0) is 31.6 Å². The molecule has 0 heterocycles. The molecule has 0 saturated carbocycles. The largest absolute Gasteiger partial charge is 0.463 e. The third kappa shape index (κ3) is 39.2. The fourth-order valence-corrected chi connectivity index (χ4v) is 8.68. The van der Waals surface area contributed by atoms with Crippen molar-refractivity contribution in [1.29, 1.82) is 0 Å². The van der Waals surface area contributed by atoms with Crippen LogP contribution in [0.5, 0.6) is 0 Å². The molecular formula is C54H106O4. The number of hydrogen-bond donors (Lipinski definition) is 1. The smallest absolute Gasteiger partial charge is 0.345 e. The molecule has 0 aliphatic rings. The molecule has 0 bridgehead atoms. The summed E-state index contributed by atoms with van der Waals surface area (Å²) in [5.74, 6) is -0.154. The molecule has 0 aliphatic carbocycles. The summed E-state index contributed by atoms with van der Waals surface area (Å²) in [6, 6.07) is 0. The van der Waals surface area contributed by atoms with Gasteiger partial charge in [-0.15, -0.1) is 0 Å². The Hall–Kier alpha value is -0.900. The van der Waals surface area contributed by atoms with E-state index in [0.29, 0.717) is 13.0 Å². The summed E-state index contributed by atoms with van der Waals surface area (Å²) < 4.78 is 5.64. The minimum atomic E-state index is -1.97. The summed E-state index contributed by atoms with van der Waals surface area (Å²) in [6.45, 7) is 9.51. The topological polar surface area (TPSA) is 63.6 Å². The number of unbranched alkanes of at least 4 members (excludes halogenated alkanes) is 39. The standard InChI is InChI=1S/C54H106O4/c1-5-7-9-11-13-15-17-19-21-24-28-32-36-40-44-48-52(55)54(57,49-45-41-37-33-29-25-20-18-16-14-12-10-8-6-2)53(56)58-50-46-42-38-34-30-26-22-23-27-31-35-39-43-47-51(3)4/h51,57H,5-50H2,1-4H3. The van der Waals surface area contributed by atoms with Crippen LogP contribution < -0.4 is 0 Å². The zero-order valence-corrected chi connectivity index (χ0v) is 40.3. The van der Waals surface area contributed by atoms with Gasteiger partial charge in [0.1, 0.15) is 0 Å². The van der Waals surface area contributed by atoms with E-state index in [0.717, 1.165) is 57.3 Å². The van der Waals surface area contributed by atoms with Gasteiger partial charge in [0.05, 0.1) is 6.61 Å². The van der Waals surface area contributed by atoms with Crippen LogP contribution in [-0.4, -0.2) is 29.1 Å². The van der Waals surface area contributed by atoms with Crippen molar-refractivity contribution in [3.63, 3.8) is 0 Å². The van der Waals surface area contributed by atoms with Crippen LogP contribution in [-0.2, 0) is 14.3 Å². The molecule has 0 radical (unpaired) electrons. The molecule has 0 fully saturated rings. The number of hydrogen-bond acceptors (Lipinski definition) is 4. The van der Waals surface area contributed by atoms with Crippen molar-refractivity contribution in [2.24, 2.45) is 5.92 Å². The predicted octanol–water partition coefficient (Wildman–Crippen LogP) is 18.1. The SMILES string of the molecule is CCCCCCCCCCCCCCCCCC(=O)C(O)(CCCCCCCCCCCCCCCC)C(=O)OCCCCCCCCCCCCCCCC(C)C. The Bertz CT molecular complexity index is 839. The molecule has 1 N–H and O–H groups in total. The average Bonchev–Trinajstić information content (AvgIpc) is 3.21. The lowest BCUT2D eigenvalue weighted by Gasteiger charge is -2.25. The Labute approximate surface area is 364 Å². The van der Waals surface area contributed by atoms with Gasteiger partial charge in [0.2, 0.25) is 5.60 Å². The number of carbonyl (C=O) groups excluding carboxylic acids is 2. The van der Waals surface area contributed by atoms with Gasteiger partial charge >= 0.3 is 5.97 Å². The molecule has 0 aromatic rings. The second-order valence-electron chi connectivity index (χ2n) is 19.2. The highest BCUT2D eigenvalue weighted by Gasteiger charge is 2.44. The van der Waals surface area contributed by atoms with E-state index in [4.69, 9.17) is 4.74 Å². The summed E-state index contributed by atoms with van der Waals surface area (Å²) in [7, 11) is 0. The molecule has 1 atom stereocenters. The number of rotatable bonds is 49. The van der Waals surface area contributed by atoms with Crippen molar-refractivity contribution in [2.45, 2.75) is 322 Å². The van der Waals surface area contributed by atoms with Crippen LogP contribution in [0.3, 0.4) is 0 Å². The highest BCUT2D eigenvalue weighted by atomic mass is 16.5. The fourth-order valence-electron chi connectivity index (χ4n) is 8.68. The molecule has 0 saturated heterocycles. The molecule has 0 spiro atoms. The van der Waals surface area contributed by atoms with Crippen LogP contribution in [0, 0.1) is 5.92 Å². The monoisotopic (exact) mass is 819 g/mol. The van der Waals surface area contributed by atoms with E-state index in [1.165, 1.54) is 218 Å². The third-order valence-corrected chi connectivity index (χ3v) is 12.9. The van der Waals surface area contributed by atoms with E-state index >= 15 is 0 Å². The average molecular weight is 819 g/mol. The van der Waals surface area contributed by atoms with E-state index in [1.807, 2.05) is 0 Å². The predicted molar refractivity (Wildman–Crippen MR) is 255 cm³/mol. The molecule has 4 nitrogen and oxygen atoms in total. The van der Waals surface area contributed by atoms with Crippen LogP contribution >= 0.6 is 0 Å². The highest BCUT2D eigenvalue weighted by Crippen LogP contribution is 2.24. The van der Waals surface area contributed by atoms with Crippen molar-refractivity contribution in [1.82, 2.24) is 0 Å². The maximum Gasteiger partial charge on any atom is 0.345 e. The number of esters is 1. The third-order valence-electron chi connectivity index (χ3n) is 12.9. The van der Waals surface area contributed by atoms with Crippen molar-refractivity contribution >= 4 is 11.8 Å². The molecule has 0 aliphatic heterocycles. The number of aliphatic hydroxyl groups is 1. The summed E-state index contributed by atoms with van der Waals surface area (Å²) >= 11 is 0. The Morgan fingerprint density at radius 1 is 0.397 bits per heavy atom. The normalized spacial score (nSPS) is 12.7. The first-order valence-electron chi connectivity index (χ1n) is 26.8. The van der Waals surface area contributed by atoms with Crippen LogP contribution in [0.25, 0.3) is 0 Å². The lowest BCUT2D eigenvalue weighted by Crippen LogP contribution is -2.48. The van der Waals surface area contributed by atoms with E-state index in [2.05, 4.69) is 27.7 Å². The van der Waals surface area contributed by atoms with Crippen LogP contribution in [0.4, 0.5) is 0 Å². The minimum Gasteiger partial charge on any atom is -0.463 e. The van der Waals surface area contributed by atoms with Crippen LogP contribution in [0.1, 0.15) is 317 Å². The number of Topliss-reactive ketones (excluding diaryl/α,β-unsaturated/α-hetero) is 1. The van der Waals surface area contributed by atoms with Crippen LogP contribution in [0.15, 0.2) is 0 Å². The van der Waals surface area contributed by atoms with E-state index in [1.54, 1.807) is 0 Å². The summed E-state index contributed by atoms with van der Waals surface area (Å²) in [5, 5.41) is 11.6. The van der Waals surface area contributed by atoms with Gasteiger partial charge in [-0.1, -0.05) is 285 Å². The van der Waals surface area contributed by atoms with Gasteiger partial charge in [0.15, 0.2) is 5.78 Å². The Morgan fingerprint density at radius 2 is 0.672 bits per heavy atom. The maximum atomic E-state index is 13.4. The highest BCUT2D eigenvalue weighted by molar-refractivity contribution is 6.06. The Kier molecular flexibility index (Phi) is 44.9. The summed E-state index contributed by atoms with van der Waals surface area (Å²) in [5.41, 5.74) is -1.97. The van der Waals surface area contributed by atoms with Gasteiger partial charge < -0.3 is 9.84 Å². The minimum absolute atomic E-state index is 0.208. The Balaban J connectivity index is 4.34. The number of ether oxygens (including phenoxy) is 1. The van der Waals surface area contributed by atoms with Gasteiger partial charge in [0.25, 0.3) is 0 Å². The molecule has 0 amide bonds. The van der Waals surface area contributed by atoms with E-state index in [-0.39, 0.29) is 18.6 Å². The zero-order valence-electron chi connectivity index (χ0n) is 40.3. The number of carbonyl (C=O) groups is 2. The lowest BCUT2D eigenvalue weighted by atomic mass is 9.88. The van der Waals surface area contributed by atoms with Crippen molar-refractivity contribution in [3.8, 4) is 0 Å². The first-order chi connectivity index (χ1) is 28.4. The van der Waals surface area contributed by atoms with E-state index < -0.39 is 11.6 Å². The molecule has 346 valence electrons. The van der Waals surface area contributed by atoms with Crippen molar-refractivity contribution < 1.29 is 19.4 Å². The molecule has 0 rings (SSSR count). The fraction of sp³-hybridized carbons (Fsp3) is 0.963. The quantitative estimate of drug-likeness (QED) is 0.0377. The molecular weight excluding hydrogens is 713 g/mol.